The summed E-state index contributed by atoms with van der Waals surface area (Å²) < 4.78 is 14.5. The van der Waals surface area contributed by atoms with Crippen molar-refractivity contribution in [3.8, 4) is 0 Å². The number of halogens is 2. The molecule has 2 aromatic rings. The molecule has 3 rings (SSSR count). The van der Waals surface area contributed by atoms with Crippen LogP contribution in [-0.2, 0) is 6.54 Å². The van der Waals surface area contributed by atoms with Crippen molar-refractivity contribution in [1.82, 2.24) is 9.91 Å². The van der Waals surface area contributed by atoms with Crippen LogP contribution in [0.4, 0.5) is 4.39 Å². The molecule has 0 bridgehead atoms. The Kier molecular flexibility index (Phi) is 5.41. The van der Waals surface area contributed by atoms with E-state index in [9.17, 15) is 4.39 Å². The molecule has 0 aromatic heterocycles. The van der Waals surface area contributed by atoms with Gasteiger partial charge >= 0.3 is 0 Å². The van der Waals surface area contributed by atoms with E-state index >= 15 is 0 Å². The molecule has 0 saturated carbocycles. The summed E-state index contributed by atoms with van der Waals surface area (Å²) in [6, 6.07) is 15.4. The van der Waals surface area contributed by atoms with Crippen LogP contribution in [-0.4, -0.2) is 42.3 Å². The van der Waals surface area contributed by atoms with Crippen molar-refractivity contribution in [2.45, 2.75) is 6.54 Å². The highest BCUT2D eigenvalue weighted by atomic mass is 79.9. The lowest BCUT2D eigenvalue weighted by Gasteiger charge is -2.33. The third-order valence-electron chi connectivity index (χ3n) is 3.92. The summed E-state index contributed by atoms with van der Waals surface area (Å²) in [6.45, 7) is 4.62. The average molecular weight is 376 g/mol. The van der Waals surface area contributed by atoms with Gasteiger partial charge in [0.15, 0.2) is 0 Å². The van der Waals surface area contributed by atoms with Gasteiger partial charge in [0.1, 0.15) is 5.82 Å². The van der Waals surface area contributed by atoms with Crippen LogP contribution in [0.2, 0.25) is 0 Å². The quantitative estimate of drug-likeness (QED) is 0.758. The maximum atomic E-state index is 13.7. The molecule has 120 valence electrons. The van der Waals surface area contributed by atoms with Crippen molar-refractivity contribution in [2.24, 2.45) is 5.10 Å². The van der Waals surface area contributed by atoms with Gasteiger partial charge in [-0.2, -0.15) is 5.10 Å². The number of benzene rings is 2. The van der Waals surface area contributed by atoms with Crippen LogP contribution in [0.1, 0.15) is 11.1 Å². The van der Waals surface area contributed by atoms with E-state index in [2.05, 4.69) is 50.2 Å². The first-order chi connectivity index (χ1) is 11.2. The van der Waals surface area contributed by atoms with Gasteiger partial charge in [-0.3, -0.25) is 9.91 Å². The smallest absolute Gasteiger partial charge is 0.132 e. The highest BCUT2D eigenvalue weighted by Crippen LogP contribution is 2.14. The third kappa shape index (κ3) is 4.62. The molecule has 0 spiro atoms. The van der Waals surface area contributed by atoms with Crippen molar-refractivity contribution in [2.75, 3.05) is 26.2 Å². The summed E-state index contributed by atoms with van der Waals surface area (Å²) in [5, 5.41) is 6.42. The number of nitrogens with zero attached hydrogens (tertiary/aromatic N) is 3. The second-order valence-electron chi connectivity index (χ2n) is 5.63. The van der Waals surface area contributed by atoms with Gasteiger partial charge in [0.25, 0.3) is 0 Å². The van der Waals surface area contributed by atoms with Gasteiger partial charge in [-0.1, -0.05) is 46.3 Å². The Morgan fingerprint density at radius 2 is 1.78 bits per heavy atom. The topological polar surface area (TPSA) is 18.8 Å². The van der Waals surface area contributed by atoms with Gasteiger partial charge in [0.05, 0.1) is 6.21 Å². The lowest BCUT2D eigenvalue weighted by molar-refractivity contribution is 0.131. The lowest BCUT2D eigenvalue weighted by Crippen LogP contribution is -2.43. The van der Waals surface area contributed by atoms with Gasteiger partial charge < -0.3 is 0 Å². The summed E-state index contributed by atoms with van der Waals surface area (Å²) in [5.41, 5.74) is 1.84. The second kappa shape index (κ2) is 7.70. The second-order valence-corrected chi connectivity index (χ2v) is 6.54. The number of piperazine rings is 1. The molecule has 1 aliphatic rings. The molecule has 5 heteroatoms. The van der Waals surface area contributed by atoms with E-state index in [1.165, 1.54) is 11.6 Å². The normalized spacial score (nSPS) is 16.2. The zero-order valence-electron chi connectivity index (χ0n) is 12.8. The summed E-state index contributed by atoms with van der Waals surface area (Å²) in [6.07, 6.45) is 1.60. The standard InChI is InChI=1S/C18H19BrFN3/c19-17-6-7-18(20)16(12-17)13-21-23-10-8-22(9-11-23)14-15-4-2-1-3-5-15/h1-7,12-13H,8-11,14H2/b21-13-. The minimum absolute atomic E-state index is 0.250. The summed E-state index contributed by atoms with van der Waals surface area (Å²) >= 11 is 3.35. The molecular weight excluding hydrogens is 357 g/mol. The molecule has 1 aliphatic heterocycles. The maximum Gasteiger partial charge on any atom is 0.132 e. The summed E-state index contributed by atoms with van der Waals surface area (Å²) in [5.74, 6) is -0.250. The van der Waals surface area contributed by atoms with E-state index in [1.807, 2.05) is 11.1 Å². The van der Waals surface area contributed by atoms with Crippen molar-refractivity contribution >= 4 is 22.1 Å². The highest BCUT2D eigenvalue weighted by molar-refractivity contribution is 9.10. The summed E-state index contributed by atoms with van der Waals surface area (Å²) in [4.78, 5) is 2.42. The number of hydrazone groups is 1. The lowest BCUT2D eigenvalue weighted by atomic mass is 10.2. The Bertz CT molecular complexity index is 667. The molecule has 1 saturated heterocycles. The SMILES string of the molecule is Fc1ccc(Br)cc1/C=N\N1CCN(Cc2ccccc2)CC1. The van der Waals surface area contributed by atoms with Gasteiger partial charge in [-0.25, -0.2) is 4.39 Å². The highest BCUT2D eigenvalue weighted by Gasteiger charge is 2.15. The van der Waals surface area contributed by atoms with E-state index in [1.54, 1.807) is 18.3 Å². The summed E-state index contributed by atoms with van der Waals surface area (Å²) in [7, 11) is 0. The van der Waals surface area contributed by atoms with Crippen LogP contribution >= 0.6 is 15.9 Å². The van der Waals surface area contributed by atoms with Crippen molar-refractivity contribution in [3.63, 3.8) is 0 Å². The fourth-order valence-electron chi connectivity index (χ4n) is 2.61. The predicted molar refractivity (Wildman–Crippen MR) is 95.0 cm³/mol. The number of hydrogen-bond donors (Lipinski definition) is 0. The van der Waals surface area contributed by atoms with Crippen LogP contribution in [0.15, 0.2) is 58.1 Å². The molecule has 0 radical (unpaired) electrons. The van der Waals surface area contributed by atoms with Crippen LogP contribution in [0.3, 0.4) is 0 Å². The van der Waals surface area contributed by atoms with E-state index in [-0.39, 0.29) is 5.82 Å². The molecule has 2 aromatic carbocycles. The van der Waals surface area contributed by atoms with Gasteiger partial charge in [0, 0.05) is 42.8 Å². The number of hydrogen-bond acceptors (Lipinski definition) is 3. The molecule has 3 nitrogen and oxygen atoms in total. The molecule has 0 N–H and O–H groups in total. The minimum Gasteiger partial charge on any atom is -0.295 e. The van der Waals surface area contributed by atoms with Gasteiger partial charge in [-0.05, 0) is 23.8 Å². The Hall–Kier alpha value is -1.72. The van der Waals surface area contributed by atoms with Crippen molar-refractivity contribution < 1.29 is 4.39 Å². The molecule has 0 unspecified atom stereocenters. The van der Waals surface area contributed by atoms with Gasteiger partial charge in [0.2, 0.25) is 0 Å². The molecule has 23 heavy (non-hydrogen) atoms. The van der Waals surface area contributed by atoms with E-state index in [0.29, 0.717) is 5.56 Å². The Morgan fingerprint density at radius 1 is 1.04 bits per heavy atom. The Balaban J connectivity index is 1.53. The first-order valence-electron chi connectivity index (χ1n) is 7.71. The van der Waals surface area contributed by atoms with Crippen molar-refractivity contribution in [1.29, 1.82) is 0 Å². The van der Waals surface area contributed by atoms with Crippen LogP contribution < -0.4 is 0 Å². The predicted octanol–water partition coefficient (Wildman–Crippen LogP) is 3.74. The first-order valence-corrected chi connectivity index (χ1v) is 8.50. The Morgan fingerprint density at radius 3 is 2.52 bits per heavy atom. The zero-order valence-corrected chi connectivity index (χ0v) is 14.4. The molecule has 0 aliphatic carbocycles. The van der Waals surface area contributed by atoms with E-state index < -0.39 is 0 Å². The van der Waals surface area contributed by atoms with Crippen LogP contribution in [0.25, 0.3) is 0 Å². The largest absolute Gasteiger partial charge is 0.295 e. The maximum absolute atomic E-state index is 13.7. The number of rotatable bonds is 4. The monoisotopic (exact) mass is 375 g/mol. The zero-order chi connectivity index (χ0) is 16.1. The van der Waals surface area contributed by atoms with E-state index in [0.717, 1.165) is 37.2 Å². The molecule has 1 fully saturated rings. The van der Waals surface area contributed by atoms with Crippen molar-refractivity contribution in [3.05, 3.63) is 69.9 Å². The fourth-order valence-corrected chi connectivity index (χ4v) is 2.99. The Labute approximate surface area is 144 Å². The van der Waals surface area contributed by atoms with Gasteiger partial charge in [-0.15, -0.1) is 0 Å². The first kappa shape index (κ1) is 16.1. The fraction of sp³-hybridized carbons (Fsp3) is 0.278. The molecular formula is C18H19BrFN3. The minimum atomic E-state index is -0.250. The molecule has 0 amide bonds. The molecule has 0 atom stereocenters. The molecule has 1 heterocycles. The van der Waals surface area contributed by atoms with E-state index in [4.69, 9.17) is 0 Å². The third-order valence-corrected chi connectivity index (χ3v) is 4.41. The average Bonchev–Trinajstić information content (AvgIpc) is 2.58. The van der Waals surface area contributed by atoms with Crippen LogP contribution in [0.5, 0.6) is 0 Å². The van der Waals surface area contributed by atoms with Crippen LogP contribution in [0, 0.1) is 5.82 Å².